The first-order chi connectivity index (χ1) is 9.30. The summed E-state index contributed by atoms with van der Waals surface area (Å²) in [6.07, 6.45) is 3.70. The number of ether oxygens (including phenoxy) is 1. The molecular formula is C15H18N2O3. The lowest BCUT2D eigenvalue weighted by atomic mass is 10.1. The fourth-order valence-corrected chi connectivity index (χ4v) is 1.96. The second-order valence-electron chi connectivity index (χ2n) is 5.83. The van der Waals surface area contributed by atoms with Crippen LogP contribution in [-0.2, 0) is 9.53 Å². The molecule has 0 radical (unpaired) electrons. The highest BCUT2D eigenvalue weighted by Crippen LogP contribution is 2.28. The standard InChI is InChI=1S/C15H18N2O3/c1-10-5-12-6-11(9-18)8-17(13(12)16-7-10)14(19)20-15(2,3)4/h5-7,9H,8H2,1-4H3. The molecule has 0 aliphatic carbocycles. The van der Waals surface area contributed by atoms with E-state index >= 15 is 0 Å². The molecule has 1 aliphatic rings. The number of nitrogens with zero attached hydrogens (tertiary/aromatic N) is 2. The molecule has 1 aliphatic heterocycles. The van der Waals surface area contributed by atoms with E-state index in [4.69, 9.17) is 4.74 Å². The van der Waals surface area contributed by atoms with E-state index in [2.05, 4.69) is 4.98 Å². The molecule has 2 rings (SSSR count). The summed E-state index contributed by atoms with van der Waals surface area (Å²) in [4.78, 5) is 29.0. The summed E-state index contributed by atoms with van der Waals surface area (Å²) in [6.45, 7) is 7.49. The smallest absolute Gasteiger partial charge is 0.416 e. The quantitative estimate of drug-likeness (QED) is 0.739. The molecule has 0 N–H and O–H groups in total. The highest BCUT2D eigenvalue weighted by Gasteiger charge is 2.28. The van der Waals surface area contributed by atoms with E-state index in [1.165, 1.54) is 4.90 Å². The van der Waals surface area contributed by atoms with Gasteiger partial charge < -0.3 is 4.74 Å². The van der Waals surface area contributed by atoms with Crippen LogP contribution in [0.15, 0.2) is 17.8 Å². The van der Waals surface area contributed by atoms with E-state index in [0.717, 1.165) is 17.4 Å². The van der Waals surface area contributed by atoms with Crippen molar-refractivity contribution in [3.05, 3.63) is 29.0 Å². The van der Waals surface area contributed by atoms with Gasteiger partial charge in [0.25, 0.3) is 0 Å². The summed E-state index contributed by atoms with van der Waals surface area (Å²) in [5.41, 5.74) is 1.65. The van der Waals surface area contributed by atoms with Gasteiger partial charge in [-0.25, -0.2) is 9.78 Å². The van der Waals surface area contributed by atoms with E-state index in [9.17, 15) is 9.59 Å². The minimum absolute atomic E-state index is 0.182. The number of aryl methyl sites for hydroxylation is 1. The van der Waals surface area contributed by atoms with Gasteiger partial charge in [-0.05, 0) is 45.4 Å². The summed E-state index contributed by atoms with van der Waals surface area (Å²) in [5.74, 6) is 0.524. The molecule has 0 atom stereocenters. The number of hydrogen-bond donors (Lipinski definition) is 0. The highest BCUT2D eigenvalue weighted by molar-refractivity contribution is 5.97. The van der Waals surface area contributed by atoms with Crippen molar-refractivity contribution in [2.24, 2.45) is 0 Å². The monoisotopic (exact) mass is 274 g/mol. The van der Waals surface area contributed by atoms with E-state index in [-0.39, 0.29) is 6.54 Å². The fourth-order valence-electron chi connectivity index (χ4n) is 1.96. The number of carbonyl (C=O) groups is 2. The zero-order valence-corrected chi connectivity index (χ0v) is 12.1. The number of anilines is 1. The molecule has 106 valence electrons. The van der Waals surface area contributed by atoms with Crippen LogP contribution in [-0.4, -0.2) is 29.5 Å². The van der Waals surface area contributed by atoms with Crippen LogP contribution in [0.25, 0.3) is 6.08 Å². The molecule has 0 bridgehead atoms. The molecule has 0 aromatic carbocycles. The molecule has 0 unspecified atom stereocenters. The van der Waals surface area contributed by atoms with Crippen molar-refractivity contribution in [3.63, 3.8) is 0 Å². The third kappa shape index (κ3) is 3.04. The van der Waals surface area contributed by atoms with Crippen LogP contribution in [0.1, 0.15) is 31.9 Å². The van der Waals surface area contributed by atoms with Crippen LogP contribution >= 0.6 is 0 Å². The average Bonchev–Trinajstić information content (AvgIpc) is 2.34. The van der Waals surface area contributed by atoms with Crippen molar-refractivity contribution in [2.75, 3.05) is 11.4 Å². The van der Waals surface area contributed by atoms with Crippen molar-refractivity contribution < 1.29 is 14.3 Å². The number of hydrogen-bond acceptors (Lipinski definition) is 4. The first kappa shape index (κ1) is 14.2. The SMILES string of the molecule is Cc1cnc2c(c1)C=C(C=O)CN2C(=O)OC(C)(C)C. The van der Waals surface area contributed by atoms with Gasteiger partial charge in [0.1, 0.15) is 17.7 Å². The Balaban J connectivity index is 2.39. The minimum atomic E-state index is -0.593. The van der Waals surface area contributed by atoms with E-state index in [1.54, 1.807) is 33.0 Å². The molecular weight excluding hydrogens is 256 g/mol. The number of carbonyl (C=O) groups excluding carboxylic acids is 2. The van der Waals surface area contributed by atoms with Crippen LogP contribution in [0.3, 0.4) is 0 Å². The second-order valence-corrected chi connectivity index (χ2v) is 5.83. The van der Waals surface area contributed by atoms with Gasteiger partial charge in [-0.15, -0.1) is 0 Å². The summed E-state index contributed by atoms with van der Waals surface area (Å²) < 4.78 is 5.36. The van der Waals surface area contributed by atoms with Crippen LogP contribution < -0.4 is 4.90 Å². The zero-order chi connectivity index (χ0) is 14.9. The van der Waals surface area contributed by atoms with E-state index in [1.807, 2.05) is 13.0 Å². The van der Waals surface area contributed by atoms with Gasteiger partial charge in [-0.3, -0.25) is 9.69 Å². The topological polar surface area (TPSA) is 59.5 Å². The summed E-state index contributed by atoms with van der Waals surface area (Å²) in [7, 11) is 0. The lowest BCUT2D eigenvalue weighted by Gasteiger charge is -2.29. The molecule has 0 spiro atoms. The summed E-state index contributed by atoms with van der Waals surface area (Å²) >= 11 is 0. The molecule has 2 heterocycles. The number of aromatic nitrogens is 1. The van der Waals surface area contributed by atoms with Crippen LogP contribution in [0.4, 0.5) is 10.6 Å². The fraction of sp³-hybridized carbons (Fsp3) is 0.400. The Bertz CT molecular complexity index is 585. The molecule has 1 aromatic heterocycles. The molecule has 0 fully saturated rings. The Morgan fingerprint density at radius 2 is 2.15 bits per heavy atom. The maximum absolute atomic E-state index is 12.2. The number of pyridine rings is 1. The Labute approximate surface area is 118 Å². The van der Waals surface area contributed by atoms with Gasteiger partial charge in [0.2, 0.25) is 0 Å². The van der Waals surface area contributed by atoms with Crippen molar-refractivity contribution in [2.45, 2.75) is 33.3 Å². The third-order valence-corrected chi connectivity index (χ3v) is 2.73. The summed E-state index contributed by atoms with van der Waals surface area (Å²) in [6, 6.07) is 1.89. The average molecular weight is 274 g/mol. The number of fused-ring (bicyclic) bond motifs is 1. The second kappa shape index (κ2) is 5.07. The van der Waals surface area contributed by atoms with Crippen LogP contribution in [0.5, 0.6) is 0 Å². The van der Waals surface area contributed by atoms with Gasteiger partial charge in [0.05, 0.1) is 6.54 Å². The zero-order valence-electron chi connectivity index (χ0n) is 12.1. The Morgan fingerprint density at radius 1 is 1.45 bits per heavy atom. The van der Waals surface area contributed by atoms with Gasteiger partial charge in [0.15, 0.2) is 0 Å². The number of aldehydes is 1. The molecule has 1 aromatic rings. The maximum atomic E-state index is 12.2. The lowest BCUT2D eigenvalue weighted by Crippen LogP contribution is -2.40. The largest absolute Gasteiger partial charge is 0.443 e. The van der Waals surface area contributed by atoms with Crippen LogP contribution in [0, 0.1) is 6.92 Å². The third-order valence-electron chi connectivity index (χ3n) is 2.73. The van der Waals surface area contributed by atoms with Crippen LogP contribution in [0.2, 0.25) is 0 Å². The number of amides is 1. The Hall–Kier alpha value is -2.17. The maximum Gasteiger partial charge on any atom is 0.416 e. The molecule has 5 nitrogen and oxygen atoms in total. The van der Waals surface area contributed by atoms with Gasteiger partial charge in [-0.1, -0.05) is 0 Å². The predicted molar refractivity (Wildman–Crippen MR) is 76.6 cm³/mol. The Morgan fingerprint density at radius 3 is 2.75 bits per heavy atom. The molecule has 0 saturated heterocycles. The van der Waals surface area contributed by atoms with Crippen molar-refractivity contribution in [1.29, 1.82) is 0 Å². The van der Waals surface area contributed by atoms with Gasteiger partial charge in [-0.2, -0.15) is 0 Å². The van der Waals surface area contributed by atoms with Gasteiger partial charge in [0, 0.05) is 17.3 Å². The Kier molecular flexibility index (Phi) is 3.61. The van der Waals surface area contributed by atoms with Crippen molar-refractivity contribution in [1.82, 2.24) is 4.98 Å². The minimum Gasteiger partial charge on any atom is -0.443 e. The van der Waals surface area contributed by atoms with Crippen molar-refractivity contribution >= 4 is 24.3 Å². The molecule has 0 saturated carbocycles. The highest BCUT2D eigenvalue weighted by atomic mass is 16.6. The first-order valence-corrected chi connectivity index (χ1v) is 6.43. The molecule has 20 heavy (non-hydrogen) atoms. The van der Waals surface area contributed by atoms with E-state index < -0.39 is 11.7 Å². The predicted octanol–water partition coefficient (Wildman–Crippen LogP) is 2.73. The lowest BCUT2D eigenvalue weighted by molar-refractivity contribution is -0.104. The van der Waals surface area contributed by atoms with Crippen molar-refractivity contribution in [3.8, 4) is 0 Å². The van der Waals surface area contributed by atoms with E-state index in [0.29, 0.717) is 11.4 Å². The first-order valence-electron chi connectivity index (χ1n) is 6.43. The van der Waals surface area contributed by atoms with Gasteiger partial charge >= 0.3 is 6.09 Å². The molecule has 1 amide bonds. The summed E-state index contributed by atoms with van der Waals surface area (Å²) in [5, 5.41) is 0. The molecule has 5 heteroatoms. The normalized spacial score (nSPS) is 14.4. The number of rotatable bonds is 1.